The Bertz CT molecular complexity index is 131. The molecule has 13 heavy (non-hydrogen) atoms. The quantitative estimate of drug-likeness (QED) is 0.667. The summed E-state index contributed by atoms with van der Waals surface area (Å²) in [5.41, 5.74) is 5.94. The Kier molecular flexibility index (Phi) is 5.53. The summed E-state index contributed by atoms with van der Waals surface area (Å²) in [4.78, 5) is 2.26. The van der Waals surface area contributed by atoms with Crippen LogP contribution in [0.2, 0.25) is 0 Å². The van der Waals surface area contributed by atoms with E-state index in [0.29, 0.717) is 5.41 Å². The Morgan fingerprint density at radius 2 is 1.92 bits per heavy atom. The highest BCUT2D eigenvalue weighted by Crippen LogP contribution is 2.14. The summed E-state index contributed by atoms with van der Waals surface area (Å²) in [6, 6.07) is -0.0672. The number of nitrogens with zero attached hydrogens (tertiary/aromatic N) is 1. The SMILES string of the molecule is CN(CCC(N)CO)CC(C)(C)C. The van der Waals surface area contributed by atoms with Crippen molar-refractivity contribution in [3.63, 3.8) is 0 Å². The molecule has 1 atom stereocenters. The molecular formula is C10H24N2O. The minimum Gasteiger partial charge on any atom is -0.395 e. The van der Waals surface area contributed by atoms with Gasteiger partial charge in [0.1, 0.15) is 0 Å². The fourth-order valence-electron chi connectivity index (χ4n) is 1.37. The number of hydrogen-bond donors (Lipinski definition) is 2. The second-order valence-electron chi connectivity index (χ2n) is 5.03. The van der Waals surface area contributed by atoms with Crippen molar-refractivity contribution in [2.24, 2.45) is 11.1 Å². The van der Waals surface area contributed by atoms with E-state index in [-0.39, 0.29) is 12.6 Å². The number of aliphatic hydroxyl groups is 1. The molecule has 0 heterocycles. The summed E-state index contributed by atoms with van der Waals surface area (Å²) in [6.07, 6.45) is 0.864. The van der Waals surface area contributed by atoms with Gasteiger partial charge in [0.15, 0.2) is 0 Å². The van der Waals surface area contributed by atoms with Gasteiger partial charge in [-0.3, -0.25) is 0 Å². The second-order valence-corrected chi connectivity index (χ2v) is 5.03. The first-order valence-corrected chi connectivity index (χ1v) is 4.90. The zero-order chi connectivity index (χ0) is 10.5. The van der Waals surface area contributed by atoms with Gasteiger partial charge in [0.2, 0.25) is 0 Å². The van der Waals surface area contributed by atoms with E-state index in [9.17, 15) is 0 Å². The highest BCUT2D eigenvalue weighted by Gasteiger charge is 2.13. The highest BCUT2D eigenvalue weighted by molar-refractivity contribution is 4.68. The standard InChI is InChI=1S/C10H24N2O/c1-10(2,3)8-12(4)6-5-9(11)7-13/h9,13H,5-8,11H2,1-4H3. The average Bonchev–Trinajstić information content (AvgIpc) is 1.97. The first-order valence-electron chi connectivity index (χ1n) is 4.90. The smallest absolute Gasteiger partial charge is 0.0583 e. The number of nitrogens with two attached hydrogens (primary N) is 1. The van der Waals surface area contributed by atoms with Crippen LogP contribution in [0.4, 0.5) is 0 Å². The van der Waals surface area contributed by atoms with Gasteiger partial charge in [-0.2, -0.15) is 0 Å². The molecule has 3 N–H and O–H groups in total. The van der Waals surface area contributed by atoms with Crippen molar-refractivity contribution in [2.45, 2.75) is 33.2 Å². The molecule has 3 nitrogen and oxygen atoms in total. The molecule has 0 aliphatic carbocycles. The molecule has 80 valence electrons. The van der Waals surface area contributed by atoms with Crippen molar-refractivity contribution < 1.29 is 5.11 Å². The molecule has 0 aromatic heterocycles. The van der Waals surface area contributed by atoms with Crippen molar-refractivity contribution in [3.05, 3.63) is 0 Å². The average molecular weight is 188 g/mol. The lowest BCUT2D eigenvalue weighted by atomic mass is 9.96. The first kappa shape index (κ1) is 12.9. The van der Waals surface area contributed by atoms with Crippen LogP contribution in [-0.2, 0) is 0 Å². The summed E-state index contributed by atoms with van der Waals surface area (Å²) in [7, 11) is 2.09. The van der Waals surface area contributed by atoms with Gasteiger partial charge >= 0.3 is 0 Å². The van der Waals surface area contributed by atoms with Crippen LogP contribution in [0.1, 0.15) is 27.2 Å². The van der Waals surface area contributed by atoms with E-state index in [0.717, 1.165) is 19.5 Å². The van der Waals surface area contributed by atoms with Crippen molar-refractivity contribution >= 4 is 0 Å². The minimum absolute atomic E-state index is 0.0672. The van der Waals surface area contributed by atoms with Crippen molar-refractivity contribution in [2.75, 3.05) is 26.7 Å². The van der Waals surface area contributed by atoms with Crippen LogP contribution in [0.3, 0.4) is 0 Å². The van der Waals surface area contributed by atoms with Gasteiger partial charge in [-0.1, -0.05) is 20.8 Å². The molecule has 0 saturated heterocycles. The van der Waals surface area contributed by atoms with Gasteiger partial charge < -0.3 is 15.7 Å². The van der Waals surface area contributed by atoms with Crippen molar-refractivity contribution in [1.29, 1.82) is 0 Å². The van der Waals surface area contributed by atoms with Crippen LogP contribution in [-0.4, -0.2) is 42.8 Å². The Labute approximate surface area is 81.9 Å². The van der Waals surface area contributed by atoms with E-state index in [4.69, 9.17) is 10.8 Å². The lowest BCUT2D eigenvalue weighted by Gasteiger charge is -2.27. The molecule has 0 aliphatic rings. The van der Waals surface area contributed by atoms with Crippen LogP contribution in [0.25, 0.3) is 0 Å². The molecule has 0 spiro atoms. The minimum atomic E-state index is -0.0672. The zero-order valence-corrected chi connectivity index (χ0v) is 9.38. The predicted octanol–water partition coefficient (Wildman–Crippen LogP) is 0.674. The molecule has 0 aromatic rings. The third kappa shape index (κ3) is 8.22. The van der Waals surface area contributed by atoms with Crippen LogP contribution in [0.15, 0.2) is 0 Å². The summed E-state index contributed by atoms with van der Waals surface area (Å²) in [5, 5.41) is 8.74. The van der Waals surface area contributed by atoms with E-state index in [1.165, 1.54) is 0 Å². The lowest BCUT2D eigenvalue weighted by molar-refractivity contribution is 0.204. The van der Waals surface area contributed by atoms with Crippen LogP contribution < -0.4 is 5.73 Å². The normalized spacial score (nSPS) is 15.0. The third-order valence-electron chi connectivity index (χ3n) is 1.86. The Hall–Kier alpha value is -0.120. The first-order chi connectivity index (χ1) is 5.85. The van der Waals surface area contributed by atoms with Gasteiger partial charge in [0.25, 0.3) is 0 Å². The predicted molar refractivity (Wildman–Crippen MR) is 56.6 cm³/mol. The van der Waals surface area contributed by atoms with Crippen LogP contribution >= 0.6 is 0 Å². The summed E-state index contributed by atoms with van der Waals surface area (Å²) in [6.45, 7) is 8.76. The molecule has 0 amide bonds. The van der Waals surface area contributed by atoms with Crippen molar-refractivity contribution in [1.82, 2.24) is 4.90 Å². The molecule has 0 fully saturated rings. The molecule has 3 heteroatoms. The lowest BCUT2D eigenvalue weighted by Crippen LogP contribution is -2.34. The van der Waals surface area contributed by atoms with Gasteiger partial charge in [0, 0.05) is 12.6 Å². The summed E-state index contributed by atoms with van der Waals surface area (Å²) < 4.78 is 0. The third-order valence-corrected chi connectivity index (χ3v) is 1.86. The van der Waals surface area contributed by atoms with E-state index in [1.54, 1.807) is 0 Å². The van der Waals surface area contributed by atoms with Gasteiger partial charge in [-0.25, -0.2) is 0 Å². The van der Waals surface area contributed by atoms with Gasteiger partial charge in [-0.05, 0) is 25.4 Å². The zero-order valence-electron chi connectivity index (χ0n) is 9.38. The Morgan fingerprint density at radius 1 is 1.38 bits per heavy atom. The molecule has 1 unspecified atom stereocenters. The maximum absolute atomic E-state index is 8.74. The molecule has 0 aromatic carbocycles. The fourth-order valence-corrected chi connectivity index (χ4v) is 1.37. The van der Waals surface area contributed by atoms with E-state index < -0.39 is 0 Å². The summed E-state index contributed by atoms with van der Waals surface area (Å²) >= 11 is 0. The number of hydrogen-bond acceptors (Lipinski definition) is 3. The monoisotopic (exact) mass is 188 g/mol. The van der Waals surface area contributed by atoms with Gasteiger partial charge in [0.05, 0.1) is 6.61 Å². The maximum atomic E-state index is 8.74. The molecule has 0 bridgehead atoms. The molecule has 0 saturated carbocycles. The maximum Gasteiger partial charge on any atom is 0.0583 e. The molecule has 0 aliphatic heterocycles. The Balaban J connectivity index is 3.57. The second kappa shape index (κ2) is 5.58. The number of aliphatic hydroxyl groups excluding tert-OH is 1. The Morgan fingerprint density at radius 3 is 2.31 bits per heavy atom. The molecule has 0 radical (unpaired) electrons. The summed E-state index contributed by atoms with van der Waals surface area (Å²) in [5.74, 6) is 0. The number of rotatable bonds is 5. The van der Waals surface area contributed by atoms with Crippen LogP contribution in [0.5, 0.6) is 0 Å². The van der Waals surface area contributed by atoms with Crippen LogP contribution in [0, 0.1) is 5.41 Å². The topological polar surface area (TPSA) is 49.5 Å². The van der Waals surface area contributed by atoms with E-state index in [1.807, 2.05) is 0 Å². The van der Waals surface area contributed by atoms with E-state index in [2.05, 4.69) is 32.7 Å². The van der Waals surface area contributed by atoms with Crippen molar-refractivity contribution in [3.8, 4) is 0 Å². The molecule has 0 rings (SSSR count). The highest BCUT2D eigenvalue weighted by atomic mass is 16.3. The van der Waals surface area contributed by atoms with E-state index >= 15 is 0 Å². The molecular weight excluding hydrogens is 164 g/mol. The van der Waals surface area contributed by atoms with Gasteiger partial charge in [-0.15, -0.1) is 0 Å². The largest absolute Gasteiger partial charge is 0.395 e. The fraction of sp³-hybridized carbons (Fsp3) is 1.00.